The first-order valence-electron chi connectivity index (χ1n) is 6.01. The van der Waals surface area contributed by atoms with E-state index in [-0.39, 0.29) is 11.9 Å². The van der Waals surface area contributed by atoms with Gasteiger partial charge in [-0.3, -0.25) is 4.79 Å². The lowest BCUT2D eigenvalue weighted by Gasteiger charge is -2.13. The molecule has 0 radical (unpaired) electrons. The summed E-state index contributed by atoms with van der Waals surface area (Å²) in [6.07, 6.45) is 1.93. The number of methoxy groups -OCH3 is 2. The predicted molar refractivity (Wildman–Crippen MR) is 69.2 cm³/mol. The lowest BCUT2D eigenvalue weighted by atomic mass is 10.2. The number of hydrogen-bond donors (Lipinski definition) is 2. The van der Waals surface area contributed by atoms with Crippen molar-refractivity contribution in [2.45, 2.75) is 18.9 Å². The molecule has 1 aromatic carbocycles. The molecule has 5 nitrogen and oxygen atoms in total. The Morgan fingerprint density at radius 3 is 2.72 bits per heavy atom. The number of amides is 1. The summed E-state index contributed by atoms with van der Waals surface area (Å²) in [5.74, 6) is 1.25. The molecule has 0 saturated carbocycles. The van der Waals surface area contributed by atoms with Crippen LogP contribution in [0.5, 0.6) is 11.5 Å². The normalized spacial score (nSPS) is 18.4. The molecule has 2 rings (SSSR count). The first-order valence-corrected chi connectivity index (χ1v) is 6.01. The van der Waals surface area contributed by atoms with Gasteiger partial charge in [0.05, 0.1) is 20.3 Å². The molecule has 1 amide bonds. The Morgan fingerprint density at radius 2 is 2.11 bits per heavy atom. The monoisotopic (exact) mass is 250 g/mol. The van der Waals surface area contributed by atoms with Crippen LogP contribution in [0.4, 0.5) is 5.69 Å². The highest BCUT2D eigenvalue weighted by Crippen LogP contribution is 2.29. The molecule has 1 atom stereocenters. The Labute approximate surface area is 106 Å². The fourth-order valence-electron chi connectivity index (χ4n) is 2.05. The SMILES string of the molecule is COc1ccc(NC(=O)[C@@H]2CCCN2)cc1OC. The summed E-state index contributed by atoms with van der Waals surface area (Å²) in [6, 6.07) is 5.24. The van der Waals surface area contributed by atoms with E-state index in [1.54, 1.807) is 32.4 Å². The van der Waals surface area contributed by atoms with Gasteiger partial charge in [-0.1, -0.05) is 0 Å². The molecule has 1 aliphatic rings. The highest BCUT2D eigenvalue weighted by atomic mass is 16.5. The number of anilines is 1. The summed E-state index contributed by atoms with van der Waals surface area (Å²) in [7, 11) is 3.15. The number of nitrogens with one attached hydrogen (secondary N) is 2. The van der Waals surface area contributed by atoms with E-state index in [1.807, 2.05) is 0 Å². The minimum absolute atomic E-state index is 0.000259. The molecule has 1 aliphatic heterocycles. The Hall–Kier alpha value is -1.75. The van der Waals surface area contributed by atoms with Crippen molar-refractivity contribution in [1.29, 1.82) is 0 Å². The van der Waals surface area contributed by atoms with Gasteiger partial charge >= 0.3 is 0 Å². The van der Waals surface area contributed by atoms with Crippen LogP contribution in [-0.2, 0) is 4.79 Å². The van der Waals surface area contributed by atoms with E-state index < -0.39 is 0 Å². The zero-order valence-corrected chi connectivity index (χ0v) is 10.7. The van der Waals surface area contributed by atoms with Crippen molar-refractivity contribution < 1.29 is 14.3 Å². The van der Waals surface area contributed by atoms with Crippen molar-refractivity contribution in [1.82, 2.24) is 5.32 Å². The minimum atomic E-state index is -0.0851. The average molecular weight is 250 g/mol. The molecule has 1 saturated heterocycles. The third-order valence-electron chi connectivity index (χ3n) is 3.03. The molecule has 5 heteroatoms. The summed E-state index contributed by atoms with van der Waals surface area (Å²) in [4.78, 5) is 11.9. The summed E-state index contributed by atoms with van der Waals surface area (Å²) < 4.78 is 10.3. The molecule has 1 heterocycles. The Morgan fingerprint density at radius 1 is 1.33 bits per heavy atom. The first-order chi connectivity index (χ1) is 8.74. The quantitative estimate of drug-likeness (QED) is 0.848. The molecule has 18 heavy (non-hydrogen) atoms. The van der Waals surface area contributed by atoms with Crippen molar-refractivity contribution in [2.24, 2.45) is 0 Å². The van der Waals surface area contributed by atoms with Gasteiger partial charge in [0, 0.05) is 11.8 Å². The topological polar surface area (TPSA) is 59.6 Å². The maximum absolute atomic E-state index is 11.9. The van der Waals surface area contributed by atoms with Gasteiger partial charge in [0.25, 0.3) is 0 Å². The van der Waals surface area contributed by atoms with Crippen LogP contribution in [0.1, 0.15) is 12.8 Å². The average Bonchev–Trinajstić information content (AvgIpc) is 2.92. The fourth-order valence-corrected chi connectivity index (χ4v) is 2.05. The van der Waals surface area contributed by atoms with Gasteiger partial charge in [0.15, 0.2) is 11.5 Å². The van der Waals surface area contributed by atoms with Crippen molar-refractivity contribution in [3.63, 3.8) is 0 Å². The summed E-state index contributed by atoms with van der Waals surface area (Å²) in [6.45, 7) is 0.907. The molecule has 98 valence electrons. The number of rotatable bonds is 4. The summed E-state index contributed by atoms with van der Waals surface area (Å²) >= 11 is 0. The predicted octanol–water partition coefficient (Wildman–Crippen LogP) is 1.39. The highest BCUT2D eigenvalue weighted by molar-refractivity contribution is 5.95. The van der Waals surface area contributed by atoms with Crippen LogP contribution in [0.25, 0.3) is 0 Å². The zero-order valence-electron chi connectivity index (χ0n) is 10.7. The Bertz CT molecular complexity index is 428. The first kappa shape index (κ1) is 12.7. The van der Waals surface area contributed by atoms with Crippen LogP contribution in [0.15, 0.2) is 18.2 Å². The molecule has 0 bridgehead atoms. The van der Waals surface area contributed by atoms with Gasteiger partial charge < -0.3 is 20.1 Å². The standard InChI is InChI=1S/C13H18N2O3/c1-17-11-6-5-9(8-12(11)18-2)15-13(16)10-4-3-7-14-10/h5-6,8,10,14H,3-4,7H2,1-2H3,(H,15,16)/t10-/m0/s1. The molecule has 0 spiro atoms. The maximum atomic E-state index is 11.9. The molecule has 0 unspecified atom stereocenters. The fraction of sp³-hybridized carbons (Fsp3) is 0.462. The number of ether oxygens (including phenoxy) is 2. The third-order valence-corrected chi connectivity index (χ3v) is 3.03. The number of carbonyl (C=O) groups is 1. The van der Waals surface area contributed by atoms with Gasteiger partial charge in [-0.25, -0.2) is 0 Å². The molecule has 0 aromatic heterocycles. The second-order valence-electron chi connectivity index (χ2n) is 4.21. The van der Waals surface area contributed by atoms with Crippen LogP contribution in [0.2, 0.25) is 0 Å². The largest absolute Gasteiger partial charge is 0.493 e. The van der Waals surface area contributed by atoms with Crippen LogP contribution < -0.4 is 20.1 Å². The van der Waals surface area contributed by atoms with Crippen molar-refractivity contribution in [3.05, 3.63) is 18.2 Å². The molecule has 0 aliphatic carbocycles. The van der Waals surface area contributed by atoms with Gasteiger partial charge in [-0.2, -0.15) is 0 Å². The van der Waals surface area contributed by atoms with Gasteiger partial charge in [-0.05, 0) is 31.5 Å². The van der Waals surface area contributed by atoms with Crippen LogP contribution >= 0.6 is 0 Å². The maximum Gasteiger partial charge on any atom is 0.241 e. The number of hydrogen-bond acceptors (Lipinski definition) is 4. The van der Waals surface area contributed by atoms with Crippen LogP contribution in [0.3, 0.4) is 0 Å². The number of benzene rings is 1. The second kappa shape index (κ2) is 5.73. The zero-order chi connectivity index (χ0) is 13.0. The molecule has 2 N–H and O–H groups in total. The molecule has 1 aromatic rings. The molecule has 1 fully saturated rings. The van der Waals surface area contributed by atoms with E-state index in [9.17, 15) is 4.79 Å². The van der Waals surface area contributed by atoms with Crippen molar-refractivity contribution >= 4 is 11.6 Å². The van der Waals surface area contributed by atoms with Crippen LogP contribution in [0, 0.1) is 0 Å². The van der Waals surface area contributed by atoms with E-state index in [1.165, 1.54) is 0 Å². The van der Waals surface area contributed by atoms with E-state index in [2.05, 4.69) is 10.6 Å². The van der Waals surface area contributed by atoms with E-state index >= 15 is 0 Å². The van der Waals surface area contributed by atoms with E-state index in [0.717, 1.165) is 19.4 Å². The molecular formula is C13H18N2O3. The Balaban J connectivity index is 2.06. The van der Waals surface area contributed by atoms with Crippen LogP contribution in [-0.4, -0.2) is 32.7 Å². The van der Waals surface area contributed by atoms with Crippen molar-refractivity contribution in [2.75, 3.05) is 26.1 Å². The number of carbonyl (C=O) groups excluding carboxylic acids is 1. The highest BCUT2D eigenvalue weighted by Gasteiger charge is 2.22. The van der Waals surface area contributed by atoms with Gasteiger partial charge in [-0.15, -0.1) is 0 Å². The van der Waals surface area contributed by atoms with Gasteiger partial charge in [0.1, 0.15) is 0 Å². The van der Waals surface area contributed by atoms with Gasteiger partial charge in [0.2, 0.25) is 5.91 Å². The minimum Gasteiger partial charge on any atom is -0.493 e. The third kappa shape index (κ3) is 2.73. The Kier molecular flexibility index (Phi) is 4.04. The lowest BCUT2D eigenvalue weighted by molar-refractivity contribution is -0.117. The smallest absolute Gasteiger partial charge is 0.241 e. The summed E-state index contributed by atoms with van der Waals surface area (Å²) in [5, 5.41) is 6.03. The second-order valence-corrected chi connectivity index (χ2v) is 4.21. The summed E-state index contributed by atoms with van der Waals surface area (Å²) in [5.41, 5.74) is 0.714. The van der Waals surface area contributed by atoms with Crippen molar-refractivity contribution in [3.8, 4) is 11.5 Å². The molecular weight excluding hydrogens is 232 g/mol. The lowest BCUT2D eigenvalue weighted by Crippen LogP contribution is -2.35. The van der Waals surface area contributed by atoms with E-state index in [4.69, 9.17) is 9.47 Å². The van der Waals surface area contributed by atoms with E-state index in [0.29, 0.717) is 17.2 Å².